The van der Waals surface area contributed by atoms with Crippen molar-refractivity contribution < 1.29 is 8.42 Å². The molecule has 134 valence electrons. The predicted octanol–water partition coefficient (Wildman–Crippen LogP) is 4.00. The van der Waals surface area contributed by atoms with Gasteiger partial charge in [-0.1, -0.05) is 31.2 Å². The van der Waals surface area contributed by atoms with Gasteiger partial charge in [0, 0.05) is 12.2 Å². The SMILES string of the molecule is CCCN1CCC(c2cccc(NS(=O)(=O)c3cccc(C)c3)c2)C1. The lowest BCUT2D eigenvalue weighted by Crippen LogP contribution is -2.21. The Morgan fingerprint density at radius 3 is 2.72 bits per heavy atom. The van der Waals surface area contributed by atoms with Crippen molar-refractivity contribution in [2.24, 2.45) is 0 Å². The highest BCUT2D eigenvalue weighted by molar-refractivity contribution is 7.92. The van der Waals surface area contributed by atoms with E-state index >= 15 is 0 Å². The third-order valence-corrected chi connectivity index (χ3v) is 6.10. The van der Waals surface area contributed by atoms with Crippen LogP contribution in [0.5, 0.6) is 0 Å². The van der Waals surface area contributed by atoms with Crippen molar-refractivity contribution in [2.45, 2.75) is 37.5 Å². The Balaban J connectivity index is 1.76. The van der Waals surface area contributed by atoms with Gasteiger partial charge in [-0.15, -0.1) is 0 Å². The Morgan fingerprint density at radius 2 is 1.96 bits per heavy atom. The number of sulfonamides is 1. The fourth-order valence-electron chi connectivity index (χ4n) is 3.48. The molecule has 0 amide bonds. The Bertz CT molecular complexity index is 833. The second kappa shape index (κ2) is 7.58. The summed E-state index contributed by atoms with van der Waals surface area (Å²) in [4.78, 5) is 2.78. The van der Waals surface area contributed by atoms with Crippen molar-refractivity contribution in [3.8, 4) is 0 Å². The molecule has 1 heterocycles. The van der Waals surface area contributed by atoms with Crippen LogP contribution in [0.3, 0.4) is 0 Å². The lowest BCUT2D eigenvalue weighted by molar-refractivity contribution is 0.335. The van der Waals surface area contributed by atoms with Gasteiger partial charge < -0.3 is 4.90 Å². The molecular formula is C20H26N2O2S. The molecule has 1 aliphatic rings. The first-order valence-corrected chi connectivity index (χ1v) is 10.4. The van der Waals surface area contributed by atoms with Crippen molar-refractivity contribution in [1.29, 1.82) is 0 Å². The second-order valence-corrected chi connectivity index (χ2v) is 8.52. The summed E-state index contributed by atoms with van der Waals surface area (Å²) in [5.74, 6) is 0.481. The highest BCUT2D eigenvalue weighted by atomic mass is 32.2. The van der Waals surface area contributed by atoms with Crippen molar-refractivity contribution in [2.75, 3.05) is 24.4 Å². The Morgan fingerprint density at radius 1 is 1.16 bits per heavy atom. The molecule has 2 aromatic rings. The number of hydrogen-bond acceptors (Lipinski definition) is 3. The molecule has 1 aliphatic heterocycles. The fraction of sp³-hybridized carbons (Fsp3) is 0.400. The van der Waals surface area contributed by atoms with Crippen LogP contribution in [0.15, 0.2) is 53.4 Å². The van der Waals surface area contributed by atoms with E-state index in [2.05, 4.69) is 22.6 Å². The van der Waals surface area contributed by atoms with E-state index in [1.54, 1.807) is 18.2 Å². The molecule has 0 aromatic heterocycles. The monoisotopic (exact) mass is 358 g/mol. The van der Waals surface area contributed by atoms with E-state index in [0.29, 0.717) is 16.5 Å². The first-order chi connectivity index (χ1) is 12.0. The maximum Gasteiger partial charge on any atom is 0.261 e. The van der Waals surface area contributed by atoms with Gasteiger partial charge in [0.05, 0.1) is 4.90 Å². The molecule has 0 bridgehead atoms. The maximum absolute atomic E-state index is 12.6. The molecule has 0 radical (unpaired) electrons. The van der Waals surface area contributed by atoms with Gasteiger partial charge in [0.1, 0.15) is 0 Å². The fourth-order valence-corrected chi connectivity index (χ4v) is 4.63. The zero-order valence-corrected chi connectivity index (χ0v) is 15.7. The van der Waals surface area contributed by atoms with E-state index < -0.39 is 10.0 Å². The average Bonchev–Trinajstić information content (AvgIpc) is 3.04. The molecule has 1 unspecified atom stereocenters. The minimum Gasteiger partial charge on any atom is -0.303 e. The summed E-state index contributed by atoms with van der Waals surface area (Å²) in [6, 6.07) is 14.8. The molecule has 0 saturated carbocycles. The third kappa shape index (κ3) is 4.41. The maximum atomic E-state index is 12.6. The molecule has 1 saturated heterocycles. The minimum absolute atomic E-state index is 0.299. The molecule has 5 heteroatoms. The van der Waals surface area contributed by atoms with Crippen molar-refractivity contribution in [3.63, 3.8) is 0 Å². The van der Waals surface area contributed by atoms with Crippen LogP contribution in [0.25, 0.3) is 0 Å². The van der Waals surface area contributed by atoms with Gasteiger partial charge >= 0.3 is 0 Å². The lowest BCUT2D eigenvalue weighted by Gasteiger charge is -2.16. The van der Waals surface area contributed by atoms with Crippen LogP contribution in [0.1, 0.15) is 36.8 Å². The average molecular weight is 359 g/mol. The smallest absolute Gasteiger partial charge is 0.261 e. The first kappa shape index (κ1) is 18.0. The van der Waals surface area contributed by atoms with Gasteiger partial charge in [0.15, 0.2) is 0 Å². The molecular weight excluding hydrogens is 332 g/mol. The number of nitrogens with zero attached hydrogens (tertiary/aromatic N) is 1. The Kier molecular flexibility index (Phi) is 5.45. The normalized spacial score (nSPS) is 18.4. The summed E-state index contributed by atoms with van der Waals surface area (Å²) in [7, 11) is -3.56. The molecule has 25 heavy (non-hydrogen) atoms. The summed E-state index contributed by atoms with van der Waals surface area (Å²) in [5, 5.41) is 0. The van der Waals surface area contributed by atoms with Crippen LogP contribution in [0.2, 0.25) is 0 Å². The van der Waals surface area contributed by atoms with Gasteiger partial charge in [-0.05, 0) is 74.2 Å². The Labute approximate surface area is 150 Å². The van der Waals surface area contributed by atoms with Crippen LogP contribution in [-0.2, 0) is 10.0 Å². The largest absolute Gasteiger partial charge is 0.303 e. The van der Waals surface area contributed by atoms with Gasteiger partial charge in [-0.25, -0.2) is 8.42 Å². The number of rotatable bonds is 6. The standard InChI is InChI=1S/C20H26N2O2S/c1-3-11-22-12-10-18(15-22)17-7-5-8-19(14-17)21-25(23,24)20-9-4-6-16(2)13-20/h4-9,13-14,18,21H,3,10-12,15H2,1-2H3. The predicted molar refractivity (Wildman–Crippen MR) is 103 cm³/mol. The van der Waals surface area contributed by atoms with E-state index in [-0.39, 0.29) is 0 Å². The van der Waals surface area contributed by atoms with E-state index in [0.717, 1.165) is 31.6 Å². The number of likely N-dealkylation sites (tertiary alicyclic amines) is 1. The van der Waals surface area contributed by atoms with Gasteiger partial charge in [-0.2, -0.15) is 0 Å². The molecule has 0 aliphatic carbocycles. The zero-order valence-electron chi connectivity index (χ0n) is 14.9. The van der Waals surface area contributed by atoms with E-state index in [1.165, 1.54) is 12.0 Å². The Hall–Kier alpha value is -1.85. The van der Waals surface area contributed by atoms with Crippen molar-refractivity contribution in [3.05, 3.63) is 59.7 Å². The summed E-state index contributed by atoms with van der Waals surface area (Å²) in [6.45, 7) is 7.41. The molecule has 1 N–H and O–H groups in total. The van der Waals surface area contributed by atoms with Crippen LogP contribution in [0.4, 0.5) is 5.69 Å². The number of anilines is 1. The summed E-state index contributed by atoms with van der Waals surface area (Å²) < 4.78 is 27.9. The van der Waals surface area contributed by atoms with E-state index in [4.69, 9.17) is 0 Å². The highest BCUT2D eigenvalue weighted by Gasteiger charge is 2.23. The number of nitrogens with one attached hydrogen (secondary N) is 1. The zero-order chi connectivity index (χ0) is 17.9. The minimum atomic E-state index is -3.56. The van der Waals surface area contributed by atoms with E-state index in [1.807, 2.05) is 31.2 Å². The summed E-state index contributed by atoms with van der Waals surface area (Å²) >= 11 is 0. The molecule has 0 spiro atoms. The van der Waals surface area contributed by atoms with Crippen LogP contribution < -0.4 is 4.72 Å². The van der Waals surface area contributed by atoms with Crippen LogP contribution in [-0.4, -0.2) is 33.0 Å². The van der Waals surface area contributed by atoms with E-state index in [9.17, 15) is 8.42 Å². The summed E-state index contributed by atoms with van der Waals surface area (Å²) in [6.07, 6.45) is 2.30. The molecule has 4 nitrogen and oxygen atoms in total. The van der Waals surface area contributed by atoms with Crippen LogP contribution >= 0.6 is 0 Å². The van der Waals surface area contributed by atoms with Crippen molar-refractivity contribution >= 4 is 15.7 Å². The molecule has 1 atom stereocenters. The number of aryl methyl sites for hydroxylation is 1. The van der Waals surface area contributed by atoms with Gasteiger partial charge in [0.2, 0.25) is 0 Å². The summed E-state index contributed by atoms with van der Waals surface area (Å²) in [5.41, 5.74) is 2.77. The van der Waals surface area contributed by atoms with Crippen LogP contribution in [0, 0.1) is 6.92 Å². The first-order valence-electron chi connectivity index (χ1n) is 8.90. The second-order valence-electron chi connectivity index (χ2n) is 6.83. The third-order valence-electron chi connectivity index (χ3n) is 4.72. The number of benzene rings is 2. The molecule has 2 aromatic carbocycles. The topological polar surface area (TPSA) is 49.4 Å². The van der Waals surface area contributed by atoms with Crippen molar-refractivity contribution in [1.82, 2.24) is 4.90 Å². The molecule has 3 rings (SSSR count). The number of hydrogen-bond donors (Lipinski definition) is 1. The molecule has 1 fully saturated rings. The van der Waals surface area contributed by atoms with Gasteiger partial charge in [0.25, 0.3) is 10.0 Å². The lowest BCUT2D eigenvalue weighted by atomic mass is 9.98. The quantitative estimate of drug-likeness (QED) is 0.849. The van der Waals surface area contributed by atoms with Gasteiger partial charge in [-0.3, -0.25) is 4.72 Å². The highest BCUT2D eigenvalue weighted by Crippen LogP contribution is 2.29.